The molecule has 1 saturated carbocycles. The Kier molecular flexibility index (Phi) is 5.91. The number of hydrogen-bond acceptors (Lipinski definition) is 3. The highest BCUT2D eigenvalue weighted by atomic mass is 16.5. The van der Waals surface area contributed by atoms with Gasteiger partial charge in [0.1, 0.15) is 5.65 Å². The summed E-state index contributed by atoms with van der Waals surface area (Å²) in [5.41, 5.74) is 3.32. The van der Waals surface area contributed by atoms with Crippen molar-refractivity contribution in [3.8, 4) is 0 Å². The molecule has 0 atom stereocenters. The molecule has 2 aromatic heterocycles. The van der Waals surface area contributed by atoms with Gasteiger partial charge in [-0.15, -0.1) is 0 Å². The summed E-state index contributed by atoms with van der Waals surface area (Å²) < 4.78 is 7.79. The number of pyridine rings is 1. The minimum atomic E-state index is 0.749. The van der Waals surface area contributed by atoms with Gasteiger partial charge in [0.2, 0.25) is 0 Å². The first-order valence-corrected chi connectivity index (χ1v) is 9.10. The van der Waals surface area contributed by atoms with Crippen molar-refractivity contribution in [3.63, 3.8) is 0 Å². The Morgan fingerprint density at radius 3 is 3.04 bits per heavy atom. The van der Waals surface area contributed by atoms with Gasteiger partial charge in [-0.2, -0.15) is 0 Å². The van der Waals surface area contributed by atoms with Crippen LogP contribution in [0, 0.1) is 12.8 Å². The standard InChI is InChI=1S/C19H29N5O/c1-15-5-4-10-24-13-17(22-18(15)24)8-9-21-19(20-2)23(3)11-12-25-14-16-6-7-16/h4-5,10,13,16H,6-9,11-12,14H2,1-3H3,(H,20,21). The van der Waals surface area contributed by atoms with Crippen LogP contribution in [0.15, 0.2) is 29.5 Å². The maximum absolute atomic E-state index is 5.70. The van der Waals surface area contributed by atoms with Crippen LogP contribution in [0.5, 0.6) is 0 Å². The number of imidazole rings is 1. The van der Waals surface area contributed by atoms with Gasteiger partial charge in [0.25, 0.3) is 0 Å². The van der Waals surface area contributed by atoms with Gasteiger partial charge in [-0.25, -0.2) is 4.98 Å². The zero-order valence-corrected chi connectivity index (χ0v) is 15.5. The zero-order valence-electron chi connectivity index (χ0n) is 15.5. The van der Waals surface area contributed by atoms with Crippen molar-refractivity contribution in [1.82, 2.24) is 19.6 Å². The fraction of sp³-hybridized carbons (Fsp3) is 0.579. The van der Waals surface area contributed by atoms with Crippen LogP contribution >= 0.6 is 0 Å². The van der Waals surface area contributed by atoms with Gasteiger partial charge in [-0.3, -0.25) is 4.99 Å². The normalized spacial score (nSPS) is 14.9. The minimum absolute atomic E-state index is 0.749. The predicted octanol–water partition coefficient (Wildman–Crippen LogP) is 2.12. The van der Waals surface area contributed by atoms with E-state index in [0.717, 1.165) is 55.9 Å². The average molecular weight is 343 g/mol. The first-order valence-electron chi connectivity index (χ1n) is 9.10. The smallest absolute Gasteiger partial charge is 0.193 e. The van der Waals surface area contributed by atoms with E-state index in [1.807, 2.05) is 26.4 Å². The van der Waals surface area contributed by atoms with Gasteiger partial charge in [-0.1, -0.05) is 6.07 Å². The molecule has 25 heavy (non-hydrogen) atoms. The molecule has 0 aliphatic heterocycles. The summed E-state index contributed by atoms with van der Waals surface area (Å²) in [5.74, 6) is 1.71. The minimum Gasteiger partial charge on any atom is -0.379 e. The summed E-state index contributed by atoms with van der Waals surface area (Å²) in [4.78, 5) is 11.2. The maximum atomic E-state index is 5.70. The van der Waals surface area contributed by atoms with Crippen LogP contribution < -0.4 is 5.32 Å². The topological polar surface area (TPSA) is 54.2 Å². The second-order valence-electron chi connectivity index (χ2n) is 6.82. The Balaban J connectivity index is 1.42. The van der Waals surface area contributed by atoms with E-state index < -0.39 is 0 Å². The highest BCUT2D eigenvalue weighted by Crippen LogP contribution is 2.28. The molecular weight excluding hydrogens is 314 g/mol. The Hall–Kier alpha value is -2.08. The lowest BCUT2D eigenvalue weighted by Gasteiger charge is -2.21. The second kappa shape index (κ2) is 8.34. The summed E-state index contributed by atoms with van der Waals surface area (Å²) in [6.45, 7) is 5.40. The zero-order chi connectivity index (χ0) is 17.6. The third-order valence-corrected chi connectivity index (χ3v) is 4.59. The molecule has 0 saturated heterocycles. The molecule has 2 aromatic rings. The number of aromatic nitrogens is 2. The van der Waals surface area contributed by atoms with Crippen molar-refractivity contribution in [2.24, 2.45) is 10.9 Å². The highest BCUT2D eigenvalue weighted by molar-refractivity contribution is 5.79. The van der Waals surface area contributed by atoms with Gasteiger partial charge in [0.15, 0.2) is 5.96 Å². The number of aliphatic imine (C=N–C) groups is 1. The van der Waals surface area contributed by atoms with E-state index in [2.05, 4.69) is 38.8 Å². The van der Waals surface area contributed by atoms with Crippen molar-refractivity contribution in [3.05, 3.63) is 35.8 Å². The van der Waals surface area contributed by atoms with E-state index in [-0.39, 0.29) is 0 Å². The fourth-order valence-corrected chi connectivity index (χ4v) is 2.85. The van der Waals surface area contributed by atoms with E-state index in [1.165, 1.54) is 18.4 Å². The molecule has 1 aliphatic carbocycles. The molecule has 6 nitrogen and oxygen atoms in total. The Bertz CT molecular complexity index is 720. The van der Waals surface area contributed by atoms with E-state index in [4.69, 9.17) is 9.72 Å². The molecule has 0 amide bonds. The largest absolute Gasteiger partial charge is 0.379 e. The van der Waals surface area contributed by atoms with Crippen molar-refractivity contribution >= 4 is 11.6 Å². The molecule has 0 bridgehead atoms. The van der Waals surface area contributed by atoms with Crippen molar-refractivity contribution < 1.29 is 4.74 Å². The molecule has 2 heterocycles. The van der Waals surface area contributed by atoms with Crippen molar-refractivity contribution in [2.75, 3.05) is 40.4 Å². The quantitative estimate of drug-likeness (QED) is 0.453. The number of fused-ring (bicyclic) bond motifs is 1. The maximum Gasteiger partial charge on any atom is 0.193 e. The Morgan fingerprint density at radius 1 is 1.48 bits per heavy atom. The Labute approximate surface area is 149 Å². The van der Waals surface area contributed by atoms with Crippen LogP contribution in [-0.4, -0.2) is 60.6 Å². The highest BCUT2D eigenvalue weighted by Gasteiger charge is 2.21. The number of aryl methyl sites for hydroxylation is 1. The van der Waals surface area contributed by atoms with E-state index >= 15 is 0 Å². The fourth-order valence-electron chi connectivity index (χ4n) is 2.85. The van der Waals surface area contributed by atoms with Crippen LogP contribution in [0.3, 0.4) is 0 Å². The van der Waals surface area contributed by atoms with Crippen LogP contribution in [0.1, 0.15) is 24.1 Å². The molecule has 136 valence electrons. The first-order chi connectivity index (χ1) is 12.2. The number of guanidine groups is 1. The molecule has 1 aliphatic rings. The van der Waals surface area contributed by atoms with Gasteiger partial charge in [0.05, 0.1) is 12.3 Å². The number of ether oxygens (including phenoxy) is 1. The second-order valence-corrected chi connectivity index (χ2v) is 6.82. The average Bonchev–Trinajstić information content (AvgIpc) is 3.33. The van der Waals surface area contributed by atoms with Crippen LogP contribution in [-0.2, 0) is 11.2 Å². The predicted molar refractivity (Wildman–Crippen MR) is 101 cm³/mol. The number of hydrogen-bond donors (Lipinski definition) is 1. The van der Waals surface area contributed by atoms with E-state index in [9.17, 15) is 0 Å². The lowest BCUT2D eigenvalue weighted by molar-refractivity contribution is 0.115. The monoisotopic (exact) mass is 343 g/mol. The summed E-state index contributed by atoms with van der Waals surface area (Å²) >= 11 is 0. The van der Waals surface area contributed by atoms with Gasteiger partial charge in [0, 0.05) is 52.6 Å². The van der Waals surface area contributed by atoms with E-state index in [1.54, 1.807) is 0 Å². The summed E-state index contributed by atoms with van der Waals surface area (Å²) in [6, 6.07) is 4.14. The number of nitrogens with one attached hydrogen (secondary N) is 1. The van der Waals surface area contributed by atoms with Gasteiger partial charge < -0.3 is 19.4 Å². The molecule has 1 N–H and O–H groups in total. The number of likely N-dealkylation sites (N-methyl/N-ethyl adjacent to an activating group) is 1. The lowest BCUT2D eigenvalue weighted by atomic mass is 10.3. The summed E-state index contributed by atoms with van der Waals surface area (Å²) in [7, 11) is 3.86. The van der Waals surface area contributed by atoms with Gasteiger partial charge in [-0.05, 0) is 37.3 Å². The molecule has 0 aromatic carbocycles. The Morgan fingerprint density at radius 2 is 2.32 bits per heavy atom. The van der Waals surface area contributed by atoms with Crippen LogP contribution in [0.4, 0.5) is 0 Å². The molecule has 0 unspecified atom stereocenters. The molecule has 0 radical (unpaired) electrons. The van der Waals surface area contributed by atoms with Crippen LogP contribution in [0.2, 0.25) is 0 Å². The van der Waals surface area contributed by atoms with Crippen molar-refractivity contribution in [1.29, 1.82) is 0 Å². The SMILES string of the molecule is CN=C(NCCc1cn2cccc(C)c2n1)N(C)CCOCC1CC1. The first kappa shape index (κ1) is 17.7. The van der Waals surface area contributed by atoms with Crippen molar-refractivity contribution in [2.45, 2.75) is 26.2 Å². The van der Waals surface area contributed by atoms with Crippen LogP contribution in [0.25, 0.3) is 5.65 Å². The van der Waals surface area contributed by atoms with Gasteiger partial charge >= 0.3 is 0 Å². The number of nitrogens with zero attached hydrogens (tertiary/aromatic N) is 4. The molecule has 3 rings (SSSR count). The molecule has 0 spiro atoms. The molecular formula is C19H29N5O. The molecule has 1 fully saturated rings. The summed E-state index contributed by atoms with van der Waals surface area (Å²) in [5, 5.41) is 3.41. The third kappa shape index (κ3) is 4.95. The molecule has 6 heteroatoms. The van der Waals surface area contributed by atoms with E-state index in [0.29, 0.717) is 0 Å². The summed E-state index contributed by atoms with van der Waals surface area (Å²) in [6.07, 6.45) is 7.68. The third-order valence-electron chi connectivity index (χ3n) is 4.59. The number of rotatable bonds is 8. The lowest BCUT2D eigenvalue weighted by Crippen LogP contribution is -2.41.